The van der Waals surface area contributed by atoms with Crippen molar-refractivity contribution < 1.29 is 0 Å². The van der Waals surface area contributed by atoms with Crippen molar-refractivity contribution in [1.82, 2.24) is 15.5 Å². The first-order valence-electron chi connectivity index (χ1n) is 6.96. The van der Waals surface area contributed by atoms with E-state index >= 15 is 0 Å². The zero-order valence-corrected chi connectivity index (χ0v) is 15.4. The van der Waals surface area contributed by atoms with E-state index in [1.165, 1.54) is 30.8 Å². The molecule has 1 aliphatic heterocycles. The Bertz CT molecular complexity index is 299. The minimum absolute atomic E-state index is 0. The molecule has 2 rings (SSSR count). The van der Waals surface area contributed by atoms with Gasteiger partial charge in [0, 0.05) is 23.9 Å². The van der Waals surface area contributed by atoms with E-state index in [1.807, 2.05) is 11.8 Å². The van der Waals surface area contributed by atoms with Gasteiger partial charge in [-0.25, -0.2) is 0 Å². The summed E-state index contributed by atoms with van der Waals surface area (Å²) >= 11 is 2.05. The Morgan fingerprint density at radius 1 is 1.42 bits per heavy atom. The third-order valence-corrected chi connectivity index (χ3v) is 5.06. The van der Waals surface area contributed by atoms with Gasteiger partial charge in [-0.1, -0.05) is 0 Å². The van der Waals surface area contributed by atoms with E-state index < -0.39 is 0 Å². The standard InChI is InChI=1S/C13H26N4S.HI/c1-4-14-12(16-11-5-6-11)15-9-13(17(2)3)7-8-18-10-13;/h11H,4-10H2,1-3H3,(H2,14,15,16);1H. The van der Waals surface area contributed by atoms with Crippen LogP contribution in [-0.4, -0.2) is 61.1 Å². The van der Waals surface area contributed by atoms with Crippen molar-refractivity contribution in [2.24, 2.45) is 4.99 Å². The summed E-state index contributed by atoms with van der Waals surface area (Å²) in [7, 11) is 4.37. The zero-order chi connectivity index (χ0) is 13.0. The Morgan fingerprint density at radius 2 is 2.16 bits per heavy atom. The summed E-state index contributed by atoms with van der Waals surface area (Å²) in [6.07, 6.45) is 3.83. The lowest BCUT2D eigenvalue weighted by Crippen LogP contribution is -2.48. The maximum Gasteiger partial charge on any atom is 0.191 e. The molecule has 19 heavy (non-hydrogen) atoms. The first-order valence-corrected chi connectivity index (χ1v) is 8.12. The van der Waals surface area contributed by atoms with Gasteiger partial charge in [-0.3, -0.25) is 4.99 Å². The van der Waals surface area contributed by atoms with E-state index in [-0.39, 0.29) is 29.5 Å². The van der Waals surface area contributed by atoms with Crippen molar-refractivity contribution in [2.75, 3.05) is 38.7 Å². The van der Waals surface area contributed by atoms with E-state index in [0.29, 0.717) is 6.04 Å². The van der Waals surface area contributed by atoms with Crippen molar-refractivity contribution in [3.63, 3.8) is 0 Å². The van der Waals surface area contributed by atoms with Crippen LogP contribution in [0.1, 0.15) is 26.2 Å². The summed E-state index contributed by atoms with van der Waals surface area (Å²) in [5, 5.41) is 6.83. The summed E-state index contributed by atoms with van der Waals surface area (Å²) < 4.78 is 0. The van der Waals surface area contributed by atoms with Crippen molar-refractivity contribution in [1.29, 1.82) is 0 Å². The molecule has 112 valence electrons. The number of aliphatic imine (C=N–C) groups is 1. The molecular weight excluding hydrogens is 371 g/mol. The van der Waals surface area contributed by atoms with Gasteiger partial charge in [0.25, 0.3) is 0 Å². The number of rotatable bonds is 5. The Morgan fingerprint density at radius 3 is 2.63 bits per heavy atom. The molecule has 0 radical (unpaired) electrons. The number of thioether (sulfide) groups is 1. The minimum atomic E-state index is 0. The molecule has 0 spiro atoms. The molecule has 1 atom stereocenters. The lowest BCUT2D eigenvalue weighted by Gasteiger charge is -2.34. The van der Waals surface area contributed by atoms with Crippen LogP contribution >= 0.6 is 35.7 Å². The number of nitrogens with one attached hydrogen (secondary N) is 2. The Balaban J connectivity index is 0.00000180. The average Bonchev–Trinajstić information content (AvgIpc) is 3.02. The smallest absolute Gasteiger partial charge is 0.191 e. The molecule has 6 heteroatoms. The van der Waals surface area contributed by atoms with E-state index in [1.54, 1.807) is 0 Å². The van der Waals surface area contributed by atoms with E-state index in [4.69, 9.17) is 4.99 Å². The van der Waals surface area contributed by atoms with Gasteiger partial charge in [-0.15, -0.1) is 24.0 Å². The van der Waals surface area contributed by atoms with Crippen LogP contribution in [0.4, 0.5) is 0 Å². The first kappa shape index (κ1) is 17.4. The second-order valence-corrected chi connectivity index (χ2v) is 6.64. The van der Waals surface area contributed by atoms with E-state index in [0.717, 1.165) is 19.0 Å². The summed E-state index contributed by atoms with van der Waals surface area (Å²) in [4.78, 5) is 7.17. The molecule has 1 saturated carbocycles. The largest absolute Gasteiger partial charge is 0.357 e. The van der Waals surface area contributed by atoms with Crippen LogP contribution < -0.4 is 10.6 Å². The Hall–Kier alpha value is 0.310. The maximum absolute atomic E-state index is 4.81. The molecule has 4 nitrogen and oxygen atoms in total. The molecule has 1 unspecified atom stereocenters. The molecule has 2 N–H and O–H groups in total. The summed E-state index contributed by atoms with van der Waals surface area (Å²) in [6.45, 7) is 3.95. The van der Waals surface area contributed by atoms with Crippen LogP contribution in [0, 0.1) is 0 Å². The topological polar surface area (TPSA) is 39.7 Å². The Kier molecular flexibility index (Phi) is 7.24. The lowest BCUT2D eigenvalue weighted by atomic mass is 9.98. The van der Waals surface area contributed by atoms with Crippen LogP contribution in [0.5, 0.6) is 0 Å². The Labute approximate surface area is 138 Å². The highest BCUT2D eigenvalue weighted by molar-refractivity contribution is 14.0. The molecule has 0 amide bonds. The van der Waals surface area contributed by atoms with Crippen molar-refractivity contribution in [3.05, 3.63) is 0 Å². The highest BCUT2D eigenvalue weighted by atomic mass is 127. The third kappa shape index (κ3) is 4.97. The minimum Gasteiger partial charge on any atom is -0.357 e. The fourth-order valence-corrected chi connectivity index (χ4v) is 3.72. The third-order valence-electron chi connectivity index (χ3n) is 3.83. The van der Waals surface area contributed by atoms with E-state index in [2.05, 4.69) is 36.6 Å². The molecule has 1 saturated heterocycles. The van der Waals surface area contributed by atoms with Gasteiger partial charge >= 0.3 is 0 Å². The molecular formula is C13H27IN4S. The number of guanidine groups is 1. The molecule has 0 aromatic carbocycles. The molecule has 0 bridgehead atoms. The fourth-order valence-electron chi connectivity index (χ4n) is 2.18. The van der Waals surface area contributed by atoms with Gasteiger partial charge in [0.15, 0.2) is 5.96 Å². The highest BCUT2D eigenvalue weighted by Crippen LogP contribution is 2.32. The van der Waals surface area contributed by atoms with Gasteiger partial charge < -0.3 is 15.5 Å². The maximum atomic E-state index is 4.81. The quantitative estimate of drug-likeness (QED) is 0.421. The molecule has 0 aromatic heterocycles. The summed E-state index contributed by atoms with van der Waals surface area (Å²) in [6, 6.07) is 0.663. The summed E-state index contributed by atoms with van der Waals surface area (Å²) in [5.74, 6) is 3.46. The van der Waals surface area contributed by atoms with Gasteiger partial charge in [-0.2, -0.15) is 11.8 Å². The SMILES string of the molecule is CCNC(=NCC1(N(C)C)CCSC1)NC1CC1.I. The highest BCUT2D eigenvalue weighted by Gasteiger charge is 2.36. The van der Waals surface area contributed by atoms with Crippen molar-refractivity contribution in [3.8, 4) is 0 Å². The second kappa shape index (κ2) is 7.93. The predicted octanol–water partition coefficient (Wildman–Crippen LogP) is 1.76. The van der Waals surface area contributed by atoms with Gasteiger partial charge in [0.1, 0.15) is 0 Å². The summed E-state index contributed by atoms with van der Waals surface area (Å²) in [5.41, 5.74) is 0.260. The van der Waals surface area contributed by atoms with Gasteiger partial charge in [-0.05, 0) is 46.0 Å². The predicted molar refractivity (Wildman–Crippen MR) is 95.9 cm³/mol. The monoisotopic (exact) mass is 398 g/mol. The number of likely N-dealkylation sites (N-methyl/N-ethyl adjacent to an activating group) is 1. The second-order valence-electron chi connectivity index (χ2n) is 5.54. The average molecular weight is 398 g/mol. The molecule has 2 fully saturated rings. The van der Waals surface area contributed by atoms with Gasteiger partial charge in [0.05, 0.1) is 6.54 Å². The molecule has 0 aromatic rings. The van der Waals surface area contributed by atoms with Crippen LogP contribution in [0.3, 0.4) is 0 Å². The molecule has 1 aliphatic carbocycles. The van der Waals surface area contributed by atoms with Crippen LogP contribution in [0.2, 0.25) is 0 Å². The van der Waals surface area contributed by atoms with Crippen LogP contribution in [0.25, 0.3) is 0 Å². The van der Waals surface area contributed by atoms with Crippen LogP contribution in [0.15, 0.2) is 4.99 Å². The van der Waals surface area contributed by atoms with E-state index in [9.17, 15) is 0 Å². The van der Waals surface area contributed by atoms with Crippen molar-refractivity contribution >= 4 is 41.7 Å². The molecule has 1 heterocycles. The fraction of sp³-hybridized carbons (Fsp3) is 0.923. The van der Waals surface area contributed by atoms with Crippen molar-refractivity contribution in [2.45, 2.75) is 37.8 Å². The van der Waals surface area contributed by atoms with Gasteiger partial charge in [0.2, 0.25) is 0 Å². The number of halogens is 1. The first-order chi connectivity index (χ1) is 8.66. The number of hydrogen-bond acceptors (Lipinski definition) is 3. The van der Waals surface area contributed by atoms with Crippen LogP contribution in [-0.2, 0) is 0 Å². The zero-order valence-electron chi connectivity index (χ0n) is 12.2. The normalized spacial score (nSPS) is 27.3. The lowest BCUT2D eigenvalue weighted by molar-refractivity contribution is 0.190. The number of nitrogens with zero attached hydrogens (tertiary/aromatic N) is 2. The molecule has 2 aliphatic rings. The number of hydrogen-bond donors (Lipinski definition) is 2.